The molecule has 3 N–H and O–H groups in total. The first-order chi connectivity index (χ1) is 12.5. The number of carbonyl (C=O) groups excluding carboxylic acids is 1. The molecule has 1 atom stereocenters. The summed E-state index contributed by atoms with van der Waals surface area (Å²) in [5.74, 6) is -0.681. The quantitative estimate of drug-likeness (QED) is 0.628. The van der Waals surface area contributed by atoms with Crippen LogP contribution in [0, 0.1) is 13.8 Å². The fourth-order valence-corrected chi connectivity index (χ4v) is 4.05. The van der Waals surface area contributed by atoms with E-state index in [-0.39, 0.29) is 16.2 Å². The molecule has 27 heavy (non-hydrogen) atoms. The maximum Gasteiger partial charge on any atom is 0.261 e. The molecule has 0 saturated heterocycles. The lowest BCUT2D eigenvalue weighted by molar-refractivity contribution is 0.101. The van der Waals surface area contributed by atoms with E-state index in [1.807, 2.05) is 19.9 Å². The number of aliphatic hydroxyl groups excluding tert-OH is 1. The van der Waals surface area contributed by atoms with Gasteiger partial charge in [-0.1, -0.05) is 6.07 Å². The van der Waals surface area contributed by atoms with Gasteiger partial charge in [0.2, 0.25) is 0 Å². The number of phenols is 1. The van der Waals surface area contributed by atoms with Crippen molar-refractivity contribution in [2.24, 2.45) is 0 Å². The normalized spacial score (nSPS) is 12.6. The van der Waals surface area contributed by atoms with Crippen LogP contribution in [0.1, 0.15) is 47.3 Å². The number of Topliss-reactive ketones (excluding diaryl/α,β-unsaturated/α-hetero) is 1. The molecule has 7 heteroatoms. The Balaban J connectivity index is 2.46. The second-order valence-electron chi connectivity index (χ2n) is 6.84. The van der Waals surface area contributed by atoms with Gasteiger partial charge in [0.1, 0.15) is 5.75 Å². The molecular formula is C20H25NO5S. The van der Waals surface area contributed by atoms with Crippen molar-refractivity contribution in [3.05, 3.63) is 52.6 Å². The van der Waals surface area contributed by atoms with E-state index in [2.05, 4.69) is 4.72 Å². The molecule has 0 aromatic heterocycles. The van der Waals surface area contributed by atoms with E-state index in [4.69, 9.17) is 0 Å². The van der Waals surface area contributed by atoms with Gasteiger partial charge in [-0.25, -0.2) is 8.42 Å². The zero-order valence-corrected chi connectivity index (χ0v) is 16.7. The number of phenolic OH excluding ortho intramolecular Hbond substituents is 1. The van der Waals surface area contributed by atoms with E-state index in [0.717, 1.165) is 22.8 Å². The van der Waals surface area contributed by atoms with Gasteiger partial charge < -0.3 is 10.2 Å². The number of rotatable bonds is 7. The van der Waals surface area contributed by atoms with E-state index in [9.17, 15) is 23.4 Å². The Bertz CT molecular complexity index is 965. The van der Waals surface area contributed by atoms with Gasteiger partial charge in [0, 0.05) is 0 Å². The fraction of sp³-hybridized carbons (Fsp3) is 0.350. The zero-order valence-electron chi connectivity index (χ0n) is 15.9. The highest BCUT2D eigenvalue weighted by atomic mass is 32.2. The SMILES string of the molecule is CC(=O)c1cc(S(=O)(=O)Nc2cc(C)cc(C)c2CC[C@@H](C)O)ccc1O. The Morgan fingerprint density at radius 3 is 2.44 bits per heavy atom. The maximum atomic E-state index is 12.8. The van der Waals surface area contributed by atoms with Crippen molar-refractivity contribution < 1.29 is 23.4 Å². The van der Waals surface area contributed by atoms with Gasteiger partial charge in [-0.15, -0.1) is 0 Å². The molecule has 6 nitrogen and oxygen atoms in total. The lowest BCUT2D eigenvalue weighted by atomic mass is 9.98. The standard InChI is InChI=1S/C20H25NO5S/c1-12-9-13(2)17(7-5-14(3)22)19(10-12)21-27(25,26)16-6-8-20(24)18(11-16)15(4)23/h6,8-11,14,21-22,24H,5,7H2,1-4H3/t14-/m1/s1. The summed E-state index contributed by atoms with van der Waals surface area (Å²) in [4.78, 5) is 11.5. The summed E-state index contributed by atoms with van der Waals surface area (Å²) in [7, 11) is -3.96. The predicted molar refractivity (Wildman–Crippen MR) is 105 cm³/mol. The molecule has 0 unspecified atom stereocenters. The van der Waals surface area contributed by atoms with Crippen LogP contribution in [0.5, 0.6) is 5.75 Å². The summed E-state index contributed by atoms with van der Waals surface area (Å²) < 4.78 is 28.3. The average Bonchev–Trinajstić information content (AvgIpc) is 2.53. The lowest BCUT2D eigenvalue weighted by Gasteiger charge is -2.17. The molecule has 0 bridgehead atoms. The lowest BCUT2D eigenvalue weighted by Crippen LogP contribution is -2.16. The van der Waals surface area contributed by atoms with E-state index < -0.39 is 21.9 Å². The van der Waals surface area contributed by atoms with Crippen molar-refractivity contribution in [1.29, 1.82) is 0 Å². The van der Waals surface area contributed by atoms with Gasteiger partial charge in [-0.3, -0.25) is 9.52 Å². The number of aliphatic hydroxyl groups is 1. The predicted octanol–water partition coefficient (Wildman–Crippen LogP) is 3.33. The van der Waals surface area contributed by atoms with Gasteiger partial charge in [-0.05, 0) is 81.5 Å². The summed E-state index contributed by atoms with van der Waals surface area (Å²) in [6.45, 7) is 6.72. The van der Waals surface area contributed by atoms with Crippen LogP contribution in [0.15, 0.2) is 35.2 Å². The maximum absolute atomic E-state index is 12.8. The Kier molecular flexibility index (Phi) is 6.28. The molecule has 0 aliphatic carbocycles. The summed E-state index contributed by atoms with van der Waals surface area (Å²) in [5.41, 5.74) is 3.05. The number of aryl methyl sites for hydroxylation is 2. The molecule has 0 fully saturated rings. The Morgan fingerprint density at radius 2 is 1.85 bits per heavy atom. The second kappa shape index (κ2) is 8.10. The third-order valence-corrected chi connectivity index (χ3v) is 5.69. The largest absolute Gasteiger partial charge is 0.507 e. The number of aromatic hydroxyl groups is 1. The number of ketones is 1. The van der Waals surface area contributed by atoms with Crippen molar-refractivity contribution in [1.82, 2.24) is 0 Å². The highest BCUT2D eigenvalue weighted by molar-refractivity contribution is 7.92. The van der Waals surface area contributed by atoms with Crippen molar-refractivity contribution in [3.8, 4) is 5.75 Å². The van der Waals surface area contributed by atoms with Crippen LogP contribution in [0.3, 0.4) is 0 Å². The molecular weight excluding hydrogens is 366 g/mol. The minimum absolute atomic E-state index is 0.0485. The third kappa shape index (κ3) is 5.08. The molecule has 0 spiro atoms. The monoisotopic (exact) mass is 391 g/mol. The molecule has 2 aromatic carbocycles. The van der Waals surface area contributed by atoms with Crippen molar-refractivity contribution >= 4 is 21.5 Å². The van der Waals surface area contributed by atoms with Crippen LogP contribution >= 0.6 is 0 Å². The minimum Gasteiger partial charge on any atom is -0.507 e. The average molecular weight is 391 g/mol. The second-order valence-corrected chi connectivity index (χ2v) is 8.52. The number of hydrogen-bond donors (Lipinski definition) is 3. The first-order valence-electron chi connectivity index (χ1n) is 8.66. The number of sulfonamides is 1. The van der Waals surface area contributed by atoms with Crippen LogP contribution in [-0.2, 0) is 16.4 Å². The van der Waals surface area contributed by atoms with E-state index >= 15 is 0 Å². The first kappa shape index (κ1) is 20.9. The van der Waals surface area contributed by atoms with Crippen molar-refractivity contribution in [2.75, 3.05) is 4.72 Å². The van der Waals surface area contributed by atoms with Crippen molar-refractivity contribution in [2.45, 2.75) is 51.5 Å². The number of nitrogens with one attached hydrogen (secondary N) is 1. The van der Waals surface area contributed by atoms with Crippen LogP contribution in [0.2, 0.25) is 0 Å². The topological polar surface area (TPSA) is 104 Å². The molecule has 0 amide bonds. The Morgan fingerprint density at radius 1 is 1.19 bits per heavy atom. The number of hydrogen-bond acceptors (Lipinski definition) is 5. The molecule has 0 radical (unpaired) electrons. The fourth-order valence-electron chi connectivity index (χ4n) is 2.94. The van der Waals surface area contributed by atoms with Crippen LogP contribution in [-0.4, -0.2) is 30.5 Å². The van der Waals surface area contributed by atoms with E-state index in [0.29, 0.717) is 18.5 Å². The number of anilines is 1. The molecule has 0 aliphatic rings. The molecule has 146 valence electrons. The van der Waals surface area contributed by atoms with E-state index in [1.165, 1.54) is 19.1 Å². The minimum atomic E-state index is -3.96. The summed E-state index contributed by atoms with van der Waals surface area (Å²) in [6.07, 6.45) is 0.535. The highest BCUT2D eigenvalue weighted by Crippen LogP contribution is 2.28. The third-order valence-electron chi connectivity index (χ3n) is 4.33. The highest BCUT2D eigenvalue weighted by Gasteiger charge is 2.20. The molecule has 2 rings (SSSR count). The van der Waals surface area contributed by atoms with Gasteiger partial charge in [0.15, 0.2) is 5.78 Å². The Hall–Kier alpha value is -2.38. The first-order valence-corrected chi connectivity index (χ1v) is 10.1. The van der Waals surface area contributed by atoms with Crippen LogP contribution in [0.25, 0.3) is 0 Å². The van der Waals surface area contributed by atoms with Crippen LogP contribution < -0.4 is 4.72 Å². The molecule has 0 aliphatic heterocycles. The number of benzene rings is 2. The van der Waals surface area contributed by atoms with Crippen molar-refractivity contribution in [3.63, 3.8) is 0 Å². The zero-order chi connectivity index (χ0) is 20.4. The number of carbonyl (C=O) groups is 1. The molecule has 2 aromatic rings. The van der Waals surface area contributed by atoms with Gasteiger partial charge >= 0.3 is 0 Å². The summed E-state index contributed by atoms with van der Waals surface area (Å²) in [6, 6.07) is 7.32. The summed E-state index contributed by atoms with van der Waals surface area (Å²) >= 11 is 0. The summed E-state index contributed by atoms with van der Waals surface area (Å²) in [5, 5.41) is 19.3. The molecule has 0 saturated carbocycles. The smallest absolute Gasteiger partial charge is 0.261 e. The van der Waals surface area contributed by atoms with Crippen LogP contribution in [0.4, 0.5) is 5.69 Å². The molecule has 0 heterocycles. The van der Waals surface area contributed by atoms with Gasteiger partial charge in [-0.2, -0.15) is 0 Å². The van der Waals surface area contributed by atoms with Gasteiger partial charge in [0.05, 0.1) is 22.3 Å². The van der Waals surface area contributed by atoms with Gasteiger partial charge in [0.25, 0.3) is 10.0 Å². The Labute approximate surface area is 159 Å². The van der Waals surface area contributed by atoms with E-state index in [1.54, 1.807) is 13.0 Å².